The number of carbonyl (C=O) groups is 1. The number of benzene rings is 2. The van der Waals surface area contributed by atoms with Gasteiger partial charge in [0.05, 0.1) is 11.6 Å². The van der Waals surface area contributed by atoms with Gasteiger partial charge in [0.15, 0.2) is 6.61 Å². The third-order valence-corrected chi connectivity index (χ3v) is 4.17. The molecule has 0 radical (unpaired) electrons. The van der Waals surface area contributed by atoms with E-state index >= 15 is 0 Å². The predicted molar refractivity (Wildman–Crippen MR) is 101 cm³/mol. The summed E-state index contributed by atoms with van der Waals surface area (Å²) in [5.74, 6) is 0.327. The summed E-state index contributed by atoms with van der Waals surface area (Å²) in [6, 6.07) is 15.4. The van der Waals surface area contributed by atoms with Crippen LogP contribution in [0, 0.1) is 6.92 Å². The molecule has 0 saturated carbocycles. The van der Waals surface area contributed by atoms with Crippen LogP contribution in [0.1, 0.15) is 16.7 Å². The Bertz CT molecular complexity index is 861. The molecule has 1 aromatic heterocycles. The standard InChI is InChI=1S/C20H20ClN3O2/c1-15-3-8-18(21)19(11-15)26-14-20(25)22-12-16-4-6-17(7-5-16)13-24-10-2-9-23-24/h2-11H,12-14H2,1H3,(H,22,25). The van der Waals surface area contributed by atoms with E-state index < -0.39 is 0 Å². The van der Waals surface area contributed by atoms with Crippen LogP contribution in [0.4, 0.5) is 0 Å². The Morgan fingerprint density at radius 3 is 2.69 bits per heavy atom. The van der Waals surface area contributed by atoms with Crippen LogP contribution in [0.25, 0.3) is 0 Å². The van der Waals surface area contributed by atoms with Gasteiger partial charge in [-0.1, -0.05) is 41.9 Å². The molecule has 0 spiro atoms. The number of hydrogen-bond donors (Lipinski definition) is 1. The molecule has 0 saturated heterocycles. The van der Waals surface area contributed by atoms with Crippen LogP contribution in [0.15, 0.2) is 60.9 Å². The van der Waals surface area contributed by atoms with Crippen LogP contribution in [0.5, 0.6) is 5.75 Å². The molecule has 0 fully saturated rings. The Kier molecular flexibility index (Phi) is 5.92. The van der Waals surface area contributed by atoms with Crippen molar-refractivity contribution in [3.63, 3.8) is 0 Å². The molecule has 0 aliphatic heterocycles. The molecule has 26 heavy (non-hydrogen) atoms. The molecule has 1 heterocycles. The summed E-state index contributed by atoms with van der Waals surface area (Å²) in [4.78, 5) is 12.0. The average molecular weight is 370 g/mol. The number of rotatable bonds is 7. The van der Waals surface area contributed by atoms with Gasteiger partial charge >= 0.3 is 0 Å². The summed E-state index contributed by atoms with van der Waals surface area (Å²) in [5.41, 5.74) is 3.21. The Morgan fingerprint density at radius 1 is 1.19 bits per heavy atom. The van der Waals surface area contributed by atoms with E-state index in [1.54, 1.807) is 12.3 Å². The summed E-state index contributed by atoms with van der Waals surface area (Å²) in [5, 5.41) is 7.53. The molecule has 1 N–H and O–H groups in total. The van der Waals surface area contributed by atoms with E-state index in [4.69, 9.17) is 16.3 Å². The molecule has 0 atom stereocenters. The number of carbonyl (C=O) groups excluding carboxylic acids is 1. The van der Waals surface area contributed by atoms with Gasteiger partial charge < -0.3 is 10.1 Å². The molecule has 0 aliphatic carbocycles. The van der Waals surface area contributed by atoms with Crippen molar-refractivity contribution in [2.24, 2.45) is 0 Å². The van der Waals surface area contributed by atoms with E-state index in [0.29, 0.717) is 17.3 Å². The zero-order valence-electron chi connectivity index (χ0n) is 14.5. The Morgan fingerprint density at radius 2 is 1.96 bits per heavy atom. The number of aryl methyl sites for hydroxylation is 1. The Labute approximate surface area is 157 Å². The summed E-state index contributed by atoms with van der Waals surface area (Å²) in [6.45, 7) is 3.05. The molecule has 0 aliphatic rings. The minimum atomic E-state index is -0.191. The highest BCUT2D eigenvalue weighted by molar-refractivity contribution is 6.32. The number of nitrogens with zero attached hydrogens (tertiary/aromatic N) is 2. The highest BCUT2D eigenvalue weighted by Crippen LogP contribution is 2.25. The molecule has 2 aromatic carbocycles. The zero-order valence-corrected chi connectivity index (χ0v) is 15.2. The minimum absolute atomic E-state index is 0.0689. The number of ether oxygens (including phenoxy) is 1. The summed E-state index contributed by atoms with van der Waals surface area (Å²) in [6.07, 6.45) is 3.69. The lowest BCUT2D eigenvalue weighted by molar-refractivity contribution is -0.123. The Hall–Kier alpha value is -2.79. The maximum Gasteiger partial charge on any atom is 0.258 e. The van der Waals surface area contributed by atoms with E-state index in [9.17, 15) is 4.79 Å². The quantitative estimate of drug-likeness (QED) is 0.692. The van der Waals surface area contributed by atoms with Crippen LogP contribution in [-0.2, 0) is 17.9 Å². The van der Waals surface area contributed by atoms with Gasteiger partial charge in [-0.3, -0.25) is 9.48 Å². The summed E-state index contributed by atoms with van der Waals surface area (Å²) < 4.78 is 7.36. The normalized spacial score (nSPS) is 10.5. The molecule has 5 nitrogen and oxygen atoms in total. The monoisotopic (exact) mass is 369 g/mol. The first kappa shape index (κ1) is 18.0. The van der Waals surface area contributed by atoms with Crippen molar-refractivity contribution in [1.82, 2.24) is 15.1 Å². The molecule has 0 unspecified atom stereocenters. The van der Waals surface area contributed by atoms with Crippen molar-refractivity contribution in [2.45, 2.75) is 20.0 Å². The van der Waals surface area contributed by atoms with Crippen LogP contribution >= 0.6 is 11.6 Å². The highest BCUT2D eigenvalue weighted by atomic mass is 35.5. The van der Waals surface area contributed by atoms with Crippen molar-refractivity contribution < 1.29 is 9.53 Å². The number of nitrogens with one attached hydrogen (secondary N) is 1. The minimum Gasteiger partial charge on any atom is -0.482 e. The maximum atomic E-state index is 12.0. The molecule has 134 valence electrons. The highest BCUT2D eigenvalue weighted by Gasteiger charge is 2.06. The third kappa shape index (κ3) is 5.10. The van der Waals surface area contributed by atoms with Crippen LogP contribution in [-0.4, -0.2) is 22.3 Å². The lowest BCUT2D eigenvalue weighted by Crippen LogP contribution is -2.28. The maximum absolute atomic E-state index is 12.0. The molecular weight excluding hydrogens is 350 g/mol. The number of halogens is 1. The van der Waals surface area contributed by atoms with E-state index in [-0.39, 0.29) is 12.5 Å². The third-order valence-electron chi connectivity index (χ3n) is 3.86. The molecular formula is C20H20ClN3O2. The fourth-order valence-corrected chi connectivity index (χ4v) is 2.63. The predicted octanol–water partition coefficient (Wildman–Crippen LogP) is 3.59. The fraction of sp³-hybridized carbons (Fsp3) is 0.200. The summed E-state index contributed by atoms with van der Waals surface area (Å²) in [7, 11) is 0. The van der Waals surface area contributed by atoms with Crippen molar-refractivity contribution in [2.75, 3.05) is 6.61 Å². The number of hydrogen-bond acceptors (Lipinski definition) is 3. The SMILES string of the molecule is Cc1ccc(Cl)c(OCC(=O)NCc2ccc(Cn3cccn3)cc2)c1. The largest absolute Gasteiger partial charge is 0.482 e. The second-order valence-electron chi connectivity index (χ2n) is 6.02. The van der Waals surface area contributed by atoms with Crippen molar-refractivity contribution in [3.8, 4) is 5.75 Å². The number of amides is 1. The van der Waals surface area contributed by atoms with Gasteiger partial charge in [-0.2, -0.15) is 5.10 Å². The van der Waals surface area contributed by atoms with Gasteiger partial charge in [0, 0.05) is 18.9 Å². The van der Waals surface area contributed by atoms with E-state index in [0.717, 1.165) is 23.2 Å². The smallest absolute Gasteiger partial charge is 0.258 e. The first-order valence-electron chi connectivity index (χ1n) is 8.31. The zero-order chi connectivity index (χ0) is 18.4. The van der Waals surface area contributed by atoms with Gasteiger partial charge in [-0.15, -0.1) is 0 Å². The van der Waals surface area contributed by atoms with Crippen molar-refractivity contribution in [3.05, 3.63) is 82.6 Å². The molecule has 3 aromatic rings. The average Bonchev–Trinajstić information content (AvgIpc) is 3.15. The van der Waals surface area contributed by atoms with Gasteiger partial charge in [0.2, 0.25) is 0 Å². The molecule has 6 heteroatoms. The van der Waals surface area contributed by atoms with Crippen molar-refractivity contribution in [1.29, 1.82) is 0 Å². The van der Waals surface area contributed by atoms with Crippen LogP contribution < -0.4 is 10.1 Å². The van der Waals surface area contributed by atoms with E-state index in [1.165, 1.54) is 0 Å². The second-order valence-corrected chi connectivity index (χ2v) is 6.43. The van der Waals surface area contributed by atoms with Gasteiger partial charge in [-0.25, -0.2) is 0 Å². The van der Waals surface area contributed by atoms with E-state index in [1.807, 2.05) is 60.3 Å². The molecule has 0 bridgehead atoms. The van der Waals surface area contributed by atoms with E-state index in [2.05, 4.69) is 10.4 Å². The topological polar surface area (TPSA) is 56.1 Å². The Balaban J connectivity index is 1.46. The molecule has 1 amide bonds. The fourth-order valence-electron chi connectivity index (χ4n) is 2.46. The second kappa shape index (κ2) is 8.54. The van der Waals surface area contributed by atoms with Crippen molar-refractivity contribution >= 4 is 17.5 Å². The molecule has 3 rings (SSSR count). The first-order valence-corrected chi connectivity index (χ1v) is 8.69. The summed E-state index contributed by atoms with van der Waals surface area (Å²) >= 11 is 6.06. The van der Waals surface area contributed by atoms with Gasteiger partial charge in [-0.05, 0) is 41.8 Å². The van der Waals surface area contributed by atoms with Crippen LogP contribution in [0.2, 0.25) is 5.02 Å². The first-order chi connectivity index (χ1) is 12.6. The number of aromatic nitrogens is 2. The van der Waals surface area contributed by atoms with Gasteiger partial charge in [0.25, 0.3) is 5.91 Å². The van der Waals surface area contributed by atoms with Gasteiger partial charge in [0.1, 0.15) is 5.75 Å². The lowest BCUT2D eigenvalue weighted by atomic mass is 10.1. The lowest BCUT2D eigenvalue weighted by Gasteiger charge is -2.10. The van der Waals surface area contributed by atoms with Crippen LogP contribution in [0.3, 0.4) is 0 Å².